The monoisotopic (exact) mass is 364 g/mol. The molecule has 1 saturated heterocycles. The number of carbonyl (C=O) groups is 2. The smallest absolute Gasteiger partial charge is 0.253 e. The van der Waals surface area contributed by atoms with Crippen LogP contribution in [0.5, 0.6) is 0 Å². The number of aryl methyl sites for hydroxylation is 2. The largest absolute Gasteiger partial charge is 0.336 e. The van der Waals surface area contributed by atoms with Crippen LogP contribution in [0.3, 0.4) is 0 Å². The van der Waals surface area contributed by atoms with Gasteiger partial charge in [0.2, 0.25) is 5.91 Å². The van der Waals surface area contributed by atoms with Crippen molar-refractivity contribution in [2.45, 2.75) is 46.2 Å². The summed E-state index contributed by atoms with van der Waals surface area (Å²) in [5.41, 5.74) is 4.12. The minimum atomic E-state index is 0.0194. The quantitative estimate of drug-likeness (QED) is 0.824. The zero-order valence-corrected chi connectivity index (χ0v) is 16.4. The lowest BCUT2D eigenvalue weighted by Gasteiger charge is -2.31. The van der Waals surface area contributed by atoms with Crippen molar-refractivity contribution in [1.82, 2.24) is 9.80 Å². The van der Waals surface area contributed by atoms with Gasteiger partial charge in [0.15, 0.2) is 0 Å². The van der Waals surface area contributed by atoms with Gasteiger partial charge in [0, 0.05) is 37.7 Å². The fourth-order valence-electron chi connectivity index (χ4n) is 3.61. The molecule has 142 valence electrons. The molecule has 1 fully saturated rings. The molecule has 4 heteroatoms. The first-order valence-electron chi connectivity index (χ1n) is 9.69. The maximum atomic E-state index is 13.0. The third kappa shape index (κ3) is 4.38. The Hall–Kier alpha value is -2.62. The van der Waals surface area contributed by atoms with Crippen LogP contribution in [0.25, 0.3) is 0 Å². The molecule has 0 saturated carbocycles. The first-order valence-corrected chi connectivity index (χ1v) is 9.69. The predicted octanol–water partition coefficient (Wildman–Crippen LogP) is 3.96. The summed E-state index contributed by atoms with van der Waals surface area (Å²) in [5.74, 6) is 0.145. The van der Waals surface area contributed by atoms with E-state index in [1.54, 1.807) is 0 Å². The lowest BCUT2D eigenvalue weighted by molar-refractivity contribution is -0.133. The normalized spacial score (nSPS) is 17.7. The molecular formula is C23H28N2O2. The minimum absolute atomic E-state index is 0.0194. The number of hydrogen-bond donors (Lipinski definition) is 0. The molecule has 2 aromatic rings. The first kappa shape index (κ1) is 19.2. The molecule has 2 amide bonds. The molecule has 0 spiro atoms. The Kier molecular flexibility index (Phi) is 5.94. The summed E-state index contributed by atoms with van der Waals surface area (Å²) in [7, 11) is 0. The fraction of sp³-hybridized carbons (Fsp3) is 0.391. The van der Waals surface area contributed by atoms with Crippen LogP contribution < -0.4 is 0 Å². The van der Waals surface area contributed by atoms with Gasteiger partial charge in [0.1, 0.15) is 0 Å². The van der Waals surface area contributed by atoms with E-state index in [-0.39, 0.29) is 17.9 Å². The van der Waals surface area contributed by atoms with Gasteiger partial charge in [-0.25, -0.2) is 0 Å². The maximum Gasteiger partial charge on any atom is 0.253 e. The SMILES string of the molecule is CC[C@@H]1CN(C(=O)c2ccc(C)c(C)c2)CCC(=O)N1Cc1ccccc1. The van der Waals surface area contributed by atoms with Crippen LogP contribution in [0.4, 0.5) is 0 Å². The van der Waals surface area contributed by atoms with Crippen molar-refractivity contribution in [2.24, 2.45) is 0 Å². The van der Waals surface area contributed by atoms with E-state index in [1.807, 2.05) is 72.2 Å². The van der Waals surface area contributed by atoms with Crippen LogP contribution in [0.1, 0.15) is 46.8 Å². The number of nitrogens with zero attached hydrogens (tertiary/aromatic N) is 2. The summed E-state index contributed by atoms with van der Waals surface area (Å²) in [4.78, 5) is 29.6. The summed E-state index contributed by atoms with van der Waals surface area (Å²) >= 11 is 0. The average Bonchev–Trinajstić information content (AvgIpc) is 2.84. The van der Waals surface area contributed by atoms with Crippen molar-refractivity contribution < 1.29 is 9.59 Å². The Morgan fingerprint density at radius 1 is 1.07 bits per heavy atom. The van der Waals surface area contributed by atoms with Crippen LogP contribution in [0, 0.1) is 13.8 Å². The zero-order valence-electron chi connectivity index (χ0n) is 16.4. The molecule has 1 atom stereocenters. The van der Waals surface area contributed by atoms with Gasteiger partial charge in [0.25, 0.3) is 5.91 Å². The van der Waals surface area contributed by atoms with E-state index in [2.05, 4.69) is 6.92 Å². The lowest BCUT2D eigenvalue weighted by Crippen LogP contribution is -2.43. The average molecular weight is 364 g/mol. The van der Waals surface area contributed by atoms with Crippen LogP contribution in [0.2, 0.25) is 0 Å². The van der Waals surface area contributed by atoms with Crippen LogP contribution >= 0.6 is 0 Å². The van der Waals surface area contributed by atoms with Gasteiger partial charge < -0.3 is 9.80 Å². The van der Waals surface area contributed by atoms with Crippen molar-refractivity contribution >= 4 is 11.8 Å². The van der Waals surface area contributed by atoms with Gasteiger partial charge in [-0.3, -0.25) is 9.59 Å². The maximum absolute atomic E-state index is 13.0. The van der Waals surface area contributed by atoms with Gasteiger partial charge in [-0.05, 0) is 49.1 Å². The third-order valence-corrected chi connectivity index (χ3v) is 5.50. The minimum Gasteiger partial charge on any atom is -0.336 e. The molecule has 2 aromatic carbocycles. The van der Waals surface area contributed by atoms with Gasteiger partial charge in [0.05, 0.1) is 0 Å². The van der Waals surface area contributed by atoms with E-state index in [4.69, 9.17) is 0 Å². The highest BCUT2D eigenvalue weighted by Crippen LogP contribution is 2.20. The number of carbonyl (C=O) groups excluding carboxylic acids is 2. The highest BCUT2D eigenvalue weighted by atomic mass is 16.2. The molecule has 0 bridgehead atoms. The summed E-state index contributed by atoms with van der Waals surface area (Å²) in [6.45, 7) is 7.81. The number of amides is 2. The Labute approximate surface area is 161 Å². The molecule has 3 rings (SSSR count). The molecule has 0 aromatic heterocycles. The molecular weight excluding hydrogens is 336 g/mol. The van der Waals surface area contributed by atoms with Gasteiger partial charge >= 0.3 is 0 Å². The van der Waals surface area contributed by atoms with Gasteiger partial charge in [-0.2, -0.15) is 0 Å². The standard InChI is InChI=1S/C23H28N2O2/c1-4-21-16-24(23(27)20-11-10-17(2)18(3)14-20)13-12-22(26)25(21)15-19-8-6-5-7-9-19/h5-11,14,21H,4,12-13,15-16H2,1-3H3/t21-/m1/s1. The van der Waals surface area contributed by atoms with Crippen LogP contribution in [-0.2, 0) is 11.3 Å². The summed E-state index contributed by atoms with van der Waals surface area (Å²) in [5, 5.41) is 0. The Balaban J connectivity index is 1.79. The Bertz CT molecular complexity index is 816. The summed E-state index contributed by atoms with van der Waals surface area (Å²) < 4.78 is 0. The fourth-order valence-corrected chi connectivity index (χ4v) is 3.61. The highest BCUT2D eigenvalue weighted by Gasteiger charge is 2.31. The summed E-state index contributed by atoms with van der Waals surface area (Å²) in [6, 6.07) is 15.9. The van der Waals surface area contributed by atoms with Crippen molar-refractivity contribution in [3.63, 3.8) is 0 Å². The second-order valence-electron chi connectivity index (χ2n) is 7.37. The van der Waals surface area contributed by atoms with E-state index in [9.17, 15) is 9.59 Å². The van der Waals surface area contributed by atoms with E-state index >= 15 is 0 Å². The predicted molar refractivity (Wildman–Crippen MR) is 108 cm³/mol. The van der Waals surface area contributed by atoms with Crippen LogP contribution in [-0.4, -0.2) is 40.7 Å². The number of rotatable bonds is 4. The van der Waals surface area contributed by atoms with Crippen LogP contribution in [0.15, 0.2) is 48.5 Å². The van der Waals surface area contributed by atoms with Crippen molar-refractivity contribution in [1.29, 1.82) is 0 Å². The third-order valence-electron chi connectivity index (χ3n) is 5.50. The number of hydrogen-bond acceptors (Lipinski definition) is 2. The first-order chi connectivity index (χ1) is 13.0. The van der Waals surface area contributed by atoms with Gasteiger partial charge in [-0.1, -0.05) is 43.3 Å². The Morgan fingerprint density at radius 2 is 1.81 bits per heavy atom. The zero-order chi connectivity index (χ0) is 19.4. The molecule has 1 aliphatic heterocycles. The Morgan fingerprint density at radius 3 is 2.48 bits per heavy atom. The molecule has 27 heavy (non-hydrogen) atoms. The molecule has 1 aliphatic rings. The van der Waals surface area contributed by atoms with Crippen molar-refractivity contribution in [3.05, 3.63) is 70.8 Å². The second kappa shape index (κ2) is 8.38. The molecule has 0 aliphatic carbocycles. The topological polar surface area (TPSA) is 40.6 Å². The number of benzene rings is 2. The molecule has 0 radical (unpaired) electrons. The van der Waals surface area contributed by atoms with E-state index in [0.29, 0.717) is 31.6 Å². The molecule has 0 N–H and O–H groups in total. The van der Waals surface area contributed by atoms with Crippen molar-refractivity contribution in [2.75, 3.05) is 13.1 Å². The van der Waals surface area contributed by atoms with E-state index in [1.165, 1.54) is 5.56 Å². The van der Waals surface area contributed by atoms with E-state index < -0.39 is 0 Å². The highest BCUT2D eigenvalue weighted by molar-refractivity contribution is 5.95. The lowest BCUT2D eigenvalue weighted by atomic mass is 10.1. The second-order valence-corrected chi connectivity index (χ2v) is 7.37. The molecule has 1 heterocycles. The van der Waals surface area contributed by atoms with E-state index in [0.717, 1.165) is 17.5 Å². The molecule has 0 unspecified atom stereocenters. The van der Waals surface area contributed by atoms with Crippen molar-refractivity contribution in [3.8, 4) is 0 Å². The molecule has 4 nitrogen and oxygen atoms in total. The van der Waals surface area contributed by atoms with Gasteiger partial charge in [-0.15, -0.1) is 0 Å². The summed E-state index contributed by atoms with van der Waals surface area (Å²) in [6.07, 6.45) is 1.20.